The Morgan fingerprint density at radius 2 is 2.27 bits per heavy atom. The Morgan fingerprint density at radius 3 is 3.00 bits per heavy atom. The van der Waals surface area contributed by atoms with Gasteiger partial charge in [-0.2, -0.15) is 0 Å². The number of halogens is 2. The zero-order valence-electron chi connectivity index (χ0n) is 8.39. The van der Waals surface area contributed by atoms with Crippen LogP contribution in [0.4, 0.5) is 4.39 Å². The van der Waals surface area contributed by atoms with Crippen molar-refractivity contribution in [1.29, 1.82) is 0 Å². The molecule has 0 unspecified atom stereocenters. The van der Waals surface area contributed by atoms with Crippen LogP contribution in [-0.4, -0.2) is 6.54 Å². The van der Waals surface area contributed by atoms with E-state index in [-0.39, 0.29) is 10.8 Å². The fourth-order valence-electron chi connectivity index (χ4n) is 1.22. The summed E-state index contributed by atoms with van der Waals surface area (Å²) in [5, 5.41) is 3.35. The molecule has 15 heavy (non-hydrogen) atoms. The Kier molecular flexibility index (Phi) is 5.17. The van der Waals surface area contributed by atoms with Crippen LogP contribution in [0.15, 0.2) is 18.2 Å². The van der Waals surface area contributed by atoms with Crippen molar-refractivity contribution in [3.63, 3.8) is 0 Å². The van der Waals surface area contributed by atoms with Crippen LogP contribution >= 0.6 is 11.6 Å². The second-order valence-electron chi connectivity index (χ2n) is 3.20. The van der Waals surface area contributed by atoms with E-state index < -0.39 is 0 Å². The van der Waals surface area contributed by atoms with Crippen molar-refractivity contribution < 1.29 is 4.39 Å². The molecular formula is C12H13ClFN. The lowest BCUT2D eigenvalue weighted by atomic mass is 10.2. The molecule has 0 aliphatic carbocycles. The lowest BCUT2D eigenvalue weighted by molar-refractivity contribution is 0.618. The minimum absolute atomic E-state index is 0.196. The molecule has 0 radical (unpaired) electrons. The first kappa shape index (κ1) is 12.0. The van der Waals surface area contributed by atoms with E-state index in [1.807, 2.05) is 0 Å². The van der Waals surface area contributed by atoms with Crippen molar-refractivity contribution in [2.45, 2.75) is 19.4 Å². The van der Waals surface area contributed by atoms with Gasteiger partial charge < -0.3 is 5.32 Å². The van der Waals surface area contributed by atoms with E-state index in [2.05, 4.69) is 11.2 Å². The molecule has 0 atom stereocenters. The average Bonchev–Trinajstić information content (AvgIpc) is 2.24. The Bertz CT molecular complexity index is 357. The minimum atomic E-state index is -0.375. The highest BCUT2D eigenvalue weighted by molar-refractivity contribution is 6.31. The molecule has 0 aliphatic heterocycles. The van der Waals surface area contributed by atoms with Gasteiger partial charge in [-0.15, -0.1) is 12.3 Å². The van der Waals surface area contributed by atoms with E-state index in [1.54, 1.807) is 12.1 Å². The van der Waals surface area contributed by atoms with Gasteiger partial charge >= 0.3 is 0 Å². The molecule has 3 heteroatoms. The van der Waals surface area contributed by atoms with Gasteiger partial charge in [0.2, 0.25) is 0 Å². The standard InChI is InChI=1S/C12H13ClFN/c1-2-3-4-8-15-9-10-6-5-7-11(14)12(10)13/h1,5-7,15H,3-4,8-9H2. The molecule has 0 amide bonds. The predicted molar refractivity (Wildman–Crippen MR) is 61.2 cm³/mol. The molecule has 1 rings (SSSR count). The molecule has 0 bridgehead atoms. The monoisotopic (exact) mass is 225 g/mol. The molecule has 0 aromatic heterocycles. The van der Waals surface area contributed by atoms with Crippen LogP contribution in [0.5, 0.6) is 0 Å². The molecule has 1 nitrogen and oxygen atoms in total. The topological polar surface area (TPSA) is 12.0 Å². The number of rotatable bonds is 5. The van der Waals surface area contributed by atoms with E-state index >= 15 is 0 Å². The summed E-state index contributed by atoms with van der Waals surface area (Å²) < 4.78 is 13.0. The van der Waals surface area contributed by atoms with Crippen molar-refractivity contribution in [3.05, 3.63) is 34.6 Å². The van der Waals surface area contributed by atoms with Gasteiger partial charge in [-0.3, -0.25) is 0 Å². The summed E-state index contributed by atoms with van der Waals surface area (Å²) in [5.41, 5.74) is 0.775. The summed E-state index contributed by atoms with van der Waals surface area (Å²) in [4.78, 5) is 0. The number of terminal acetylenes is 1. The quantitative estimate of drug-likeness (QED) is 0.600. The summed E-state index contributed by atoms with van der Waals surface area (Å²) in [7, 11) is 0. The zero-order valence-corrected chi connectivity index (χ0v) is 9.15. The Balaban J connectivity index is 2.38. The summed E-state index contributed by atoms with van der Waals surface area (Å²) in [5.74, 6) is 2.19. The number of benzene rings is 1. The van der Waals surface area contributed by atoms with Gasteiger partial charge in [0.25, 0.3) is 0 Å². The summed E-state index contributed by atoms with van der Waals surface area (Å²) in [6.07, 6.45) is 6.79. The molecule has 0 fully saturated rings. The Hall–Kier alpha value is -1.04. The van der Waals surface area contributed by atoms with E-state index in [4.69, 9.17) is 18.0 Å². The fraction of sp³-hybridized carbons (Fsp3) is 0.333. The maximum Gasteiger partial charge on any atom is 0.142 e. The SMILES string of the molecule is C#CCCCNCc1cccc(F)c1Cl. The van der Waals surface area contributed by atoms with Crippen molar-refractivity contribution in [2.24, 2.45) is 0 Å². The van der Waals surface area contributed by atoms with Gasteiger partial charge in [-0.25, -0.2) is 4.39 Å². The zero-order chi connectivity index (χ0) is 11.1. The molecular weight excluding hydrogens is 213 g/mol. The van der Waals surface area contributed by atoms with Crippen LogP contribution in [0.1, 0.15) is 18.4 Å². The van der Waals surface area contributed by atoms with E-state index in [0.717, 1.165) is 24.9 Å². The van der Waals surface area contributed by atoms with Gasteiger partial charge in [-0.05, 0) is 24.6 Å². The van der Waals surface area contributed by atoms with Gasteiger partial charge in [0.15, 0.2) is 0 Å². The van der Waals surface area contributed by atoms with Gasteiger partial charge in [0.1, 0.15) is 5.82 Å². The second-order valence-corrected chi connectivity index (χ2v) is 3.58. The van der Waals surface area contributed by atoms with Gasteiger partial charge in [-0.1, -0.05) is 23.7 Å². The van der Waals surface area contributed by atoms with Crippen molar-refractivity contribution in [1.82, 2.24) is 5.32 Å². The molecule has 1 aromatic carbocycles. The first-order valence-electron chi connectivity index (χ1n) is 4.82. The Morgan fingerprint density at radius 1 is 1.47 bits per heavy atom. The highest BCUT2D eigenvalue weighted by atomic mass is 35.5. The predicted octanol–water partition coefficient (Wildman–Crippen LogP) is 2.98. The van der Waals surface area contributed by atoms with E-state index in [0.29, 0.717) is 6.54 Å². The lowest BCUT2D eigenvalue weighted by Gasteiger charge is -2.06. The molecule has 0 heterocycles. The van der Waals surface area contributed by atoms with Crippen LogP contribution < -0.4 is 5.32 Å². The molecule has 0 aliphatic rings. The molecule has 0 saturated heterocycles. The Labute approximate surface area is 94.6 Å². The van der Waals surface area contributed by atoms with Crippen LogP contribution in [0.2, 0.25) is 5.02 Å². The average molecular weight is 226 g/mol. The van der Waals surface area contributed by atoms with Crippen LogP contribution in [0.3, 0.4) is 0 Å². The third-order valence-electron chi connectivity index (χ3n) is 2.02. The number of hydrogen-bond acceptors (Lipinski definition) is 1. The van der Waals surface area contributed by atoms with Crippen LogP contribution in [-0.2, 0) is 6.54 Å². The van der Waals surface area contributed by atoms with Crippen molar-refractivity contribution in [2.75, 3.05) is 6.54 Å². The number of nitrogens with one attached hydrogen (secondary N) is 1. The number of hydrogen-bond donors (Lipinski definition) is 1. The van der Waals surface area contributed by atoms with E-state index in [9.17, 15) is 4.39 Å². The maximum atomic E-state index is 13.0. The lowest BCUT2D eigenvalue weighted by Crippen LogP contribution is -2.14. The second kappa shape index (κ2) is 6.44. The minimum Gasteiger partial charge on any atom is -0.313 e. The highest BCUT2D eigenvalue weighted by Gasteiger charge is 2.04. The summed E-state index contributed by atoms with van der Waals surface area (Å²) in [6, 6.07) is 4.81. The third kappa shape index (κ3) is 3.91. The molecule has 0 saturated carbocycles. The highest BCUT2D eigenvalue weighted by Crippen LogP contribution is 2.19. The van der Waals surface area contributed by atoms with Crippen LogP contribution in [0, 0.1) is 18.2 Å². The number of unbranched alkanes of at least 4 members (excludes halogenated alkanes) is 1. The van der Waals surface area contributed by atoms with Crippen molar-refractivity contribution in [3.8, 4) is 12.3 Å². The summed E-state index contributed by atoms with van der Waals surface area (Å²) >= 11 is 5.79. The smallest absolute Gasteiger partial charge is 0.142 e. The van der Waals surface area contributed by atoms with Gasteiger partial charge in [0.05, 0.1) is 5.02 Å². The van der Waals surface area contributed by atoms with Crippen molar-refractivity contribution >= 4 is 11.6 Å². The first-order valence-corrected chi connectivity index (χ1v) is 5.20. The molecule has 1 N–H and O–H groups in total. The fourth-order valence-corrected chi connectivity index (χ4v) is 1.42. The first-order chi connectivity index (χ1) is 7.25. The molecule has 1 aromatic rings. The normalized spacial score (nSPS) is 9.93. The maximum absolute atomic E-state index is 13.0. The third-order valence-corrected chi connectivity index (χ3v) is 2.44. The van der Waals surface area contributed by atoms with Crippen LogP contribution in [0.25, 0.3) is 0 Å². The molecule has 0 spiro atoms. The van der Waals surface area contributed by atoms with E-state index in [1.165, 1.54) is 6.07 Å². The van der Waals surface area contributed by atoms with Gasteiger partial charge in [0, 0.05) is 13.0 Å². The summed E-state index contributed by atoms with van der Waals surface area (Å²) in [6.45, 7) is 1.39. The molecule has 80 valence electrons. The largest absolute Gasteiger partial charge is 0.313 e.